The number of esters is 2. The van der Waals surface area contributed by atoms with Crippen molar-refractivity contribution in [3.05, 3.63) is 33.8 Å². The highest BCUT2D eigenvalue weighted by molar-refractivity contribution is 9.10. The van der Waals surface area contributed by atoms with Crippen molar-refractivity contribution < 1.29 is 19.1 Å². The van der Waals surface area contributed by atoms with Crippen LogP contribution < -0.4 is 0 Å². The molecule has 5 heteroatoms. The summed E-state index contributed by atoms with van der Waals surface area (Å²) in [6.07, 6.45) is 3.30. The Bertz CT molecular complexity index is 620. The predicted molar refractivity (Wildman–Crippen MR) is 103 cm³/mol. The number of benzene rings is 1. The molecule has 1 aromatic rings. The summed E-state index contributed by atoms with van der Waals surface area (Å²) >= 11 is 3.35. The number of hydrogen-bond acceptors (Lipinski definition) is 4. The fraction of sp³-hybridized carbons (Fsp3) is 0.600. The number of ether oxygens (including phenoxy) is 2. The monoisotopic (exact) mass is 412 g/mol. The van der Waals surface area contributed by atoms with Gasteiger partial charge in [0.25, 0.3) is 0 Å². The van der Waals surface area contributed by atoms with Gasteiger partial charge in [-0.25, -0.2) is 9.59 Å². The summed E-state index contributed by atoms with van der Waals surface area (Å²) in [6, 6.07) is 4.92. The third kappa shape index (κ3) is 6.81. The Labute approximate surface area is 159 Å². The lowest BCUT2D eigenvalue weighted by molar-refractivity contribution is -0.00955. The number of carbonyl (C=O) groups is 2. The average molecular weight is 413 g/mol. The number of hydrogen-bond donors (Lipinski definition) is 0. The maximum Gasteiger partial charge on any atom is 0.339 e. The van der Waals surface area contributed by atoms with E-state index in [9.17, 15) is 9.59 Å². The molecule has 0 aliphatic carbocycles. The summed E-state index contributed by atoms with van der Waals surface area (Å²) in [5.41, 5.74) is -0.723. The molecule has 0 radical (unpaired) electrons. The highest BCUT2D eigenvalue weighted by atomic mass is 79.9. The van der Waals surface area contributed by atoms with E-state index < -0.39 is 23.1 Å². The van der Waals surface area contributed by atoms with Gasteiger partial charge in [0.15, 0.2) is 0 Å². The van der Waals surface area contributed by atoms with E-state index in [1.807, 2.05) is 41.5 Å². The van der Waals surface area contributed by atoms with Gasteiger partial charge < -0.3 is 9.47 Å². The van der Waals surface area contributed by atoms with E-state index in [2.05, 4.69) is 15.9 Å². The summed E-state index contributed by atoms with van der Waals surface area (Å²) in [4.78, 5) is 25.3. The van der Waals surface area contributed by atoms with Crippen molar-refractivity contribution in [3.8, 4) is 0 Å². The highest BCUT2D eigenvalue weighted by Crippen LogP contribution is 2.25. The minimum atomic E-state index is -0.587. The van der Waals surface area contributed by atoms with Crippen LogP contribution in [0.15, 0.2) is 22.7 Å². The summed E-state index contributed by atoms with van der Waals surface area (Å²) < 4.78 is 11.9. The van der Waals surface area contributed by atoms with Crippen molar-refractivity contribution in [2.24, 2.45) is 0 Å². The lowest BCUT2D eigenvalue weighted by atomic mass is 10.0. The smallest absolute Gasteiger partial charge is 0.339 e. The lowest BCUT2D eigenvalue weighted by Gasteiger charge is -2.26. The Morgan fingerprint density at radius 2 is 1.32 bits per heavy atom. The Hall–Kier alpha value is -1.36. The quantitative estimate of drug-likeness (QED) is 0.497. The topological polar surface area (TPSA) is 52.6 Å². The normalized spacial score (nSPS) is 12.0. The molecule has 140 valence electrons. The molecule has 0 amide bonds. The number of carbonyl (C=O) groups excluding carboxylic acids is 2. The molecule has 1 aromatic carbocycles. The molecule has 25 heavy (non-hydrogen) atoms. The predicted octanol–water partition coefficient (Wildman–Crippen LogP) is 5.92. The fourth-order valence-corrected chi connectivity index (χ4v) is 3.14. The Morgan fingerprint density at radius 3 is 1.76 bits per heavy atom. The molecular formula is C20H29BrO4. The number of halogens is 1. The van der Waals surface area contributed by atoms with Crippen molar-refractivity contribution in [2.45, 2.75) is 78.4 Å². The van der Waals surface area contributed by atoms with Gasteiger partial charge in [0, 0.05) is 4.47 Å². The van der Waals surface area contributed by atoms with Crippen molar-refractivity contribution in [2.75, 3.05) is 0 Å². The van der Waals surface area contributed by atoms with E-state index in [-0.39, 0.29) is 11.1 Å². The first-order valence-corrected chi connectivity index (χ1v) is 9.57. The van der Waals surface area contributed by atoms with E-state index in [4.69, 9.17) is 9.47 Å². The van der Waals surface area contributed by atoms with Crippen molar-refractivity contribution in [1.82, 2.24) is 0 Å². The Morgan fingerprint density at radius 1 is 0.880 bits per heavy atom. The zero-order valence-corrected chi connectivity index (χ0v) is 17.7. The van der Waals surface area contributed by atoms with Gasteiger partial charge in [-0.1, -0.05) is 42.6 Å². The first-order valence-electron chi connectivity index (χ1n) is 8.77. The van der Waals surface area contributed by atoms with Gasteiger partial charge in [0.2, 0.25) is 0 Å². The van der Waals surface area contributed by atoms with Crippen LogP contribution in [-0.4, -0.2) is 23.1 Å². The first kappa shape index (κ1) is 21.7. The summed E-state index contributed by atoms with van der Waals surface area (Å²) in [6.45, 7) is 11.6. The zero-order chi connectivity index (χ0) is 19.3. The molecule has 0 N–H and O–H groups in total. The maximum atomic E-state index is 12.7. The van der Waals surface area contributed by atoms with E-state index in [0.29, 0.717) is 4.47 Å². The van der Waals surface area contributed by atoms with E-state index >= 15 is 0 Å². The molecule has 0 atom stereocenters. The minimum Gasteiger partial charge on any atom is -0.456 e. The molecule has 4 nitrogen and oxygen atoms in total. The molecular weight excluding hydrogens is 384 g/mol. The van der Waals surface area contributed by atoms with Crippen LogP contribution in [0.1, 0.15) is 87.9 Å². The molecule has 0 fully saturated rings. The van der Waals surface area contributed by atoms with Crippen LogP contribution in [-0.2, 0) is 9.47 Å². The number of rotatable bonds is 8. The maximum absolute atomic E-state index is 12.7. The van der Waals surface area contributed by atoms with E-state index in [0.717, 1.165) is 25.7 Å². The molecule has 0 aliphatic heterocycles. The summed E-state index contributed by atoms with van der Waals surface area (Å²) in [7, 11) is 0. The molecule has 0 aromatic heterocycles. The van der Waals surface area contributed by atoms with Crippen molar-refractivity contribution in [3.63, 3.8) is 0 Å². The second-order valence-corrected chi connectivity index (χ2v) is 8.40. The van der Waals surface area contributed by atoms with Crippen molar-refractivity contribution >= 4 is 27.9 Å². The highest BCUT2D eigenvalue weighted by Gasteiger charge is 2.29. The molecule has 1 rings (SSSR count). The van der Waals surface area contributed by atoms with Crippen LogP contribution >= 0.6 is 15.9 Å². The van der Waals surface area contributed by atoms with Gasteiger partial charge >= 0.3 is 11.9 Å². The largest absolute Gasteiger partial charge is 0.456 e. The van der Waals surface area contributed by atoms with Gasteiger partial charge in [-0.2, -0.15) is 0 Å². The first-order chi connectivity index (χ1) is 11.5. The van der Waals surface area contributed by atoms with Gasteiger partial charge in [0.05, 0.1) is 11.1 Å². The van der Waals surface area contributed by atoms with Crippen LogP contribution in [0.2, 0.25) is 0 Å². The standard InChI is InChI=1S/C20H29BrO4/c1-7-11-19(3,4)24-17(22)15-10-9-14(21)13-16(15)18(23)25-20(5,6)12-8-2/h9-10,13H,7-8,11-12H2,1-6H3. The van der Waals surface area contributed by atoms with Crippen LogP contribution in [0.25, 0.3) is 0 Å². The van der Waals surface area contributed by atoms with Gasteiger partial charge in [0.1, 0.15) is 11.2 Å². The SMILES string of the molecule is CCCC(C)(C)OC(=O)c1ccc(Br)cc1C(=O)OC(C)(C)CCC. The Kier molecular flexibility index (Phi) is 7.66. The van der Waals surface area contributed by atoms with E-state index in [1.54, 1.807) is 18.2 Å². The van der Waals surface area contributed by atoms with E-state index in [1.165, 1.54) is 0 Å². The third-order valence-electron chi connectivity index (χ3n) is 3.86. The van der Waals surface area contributed by atoms with Gasteiger partial charge in [-0.3, -0.25) is 0 Å². The second kappa shape index (κ2) is 8.84. The summed E-state index contributed by atoms with van der Waals surface area (Å²) in [5.74, 6) is -1.02. The average Bonchev–Trinajstić information content (AvgIpc) is 2.45. The molecule has 0 saturated heterocycles. The van der Waals surface area contributed by atoms with Crippen LogP contribution in [0.5, 0.6) is 0 Å². The van der Waals surface area contributed by atoms with Gasteiger partial charge in [-0.15, -0.1) is 0 Å². The Balaban J connectivity index is 3.10. The third-order valence-corrected chi connectivity index (χ3v) is 4.36. The van der Waals surface area contributed by atoms with Gasteiger partial charge in [-0.05, 0) is 58.7 Å². The minimum absolute atomic E-state index is 0.218. The molecule has 0 saturated carbocycles. The van der Waals surface area contributed by atoms with Crippen LogP contribution in [0.3, 0.4) is 0 Å². The fourth-order valence-electron chi connectivity index (χ4n) is 2.78. The molecule has 0 heterocycles. The molecule has 0 bridgehead atoms. The zero-order valence-electron chi connectivity index (χ0n) is 16.1. The second-order valence-electron chi connectivity index (χ2n) is 7.49. The molecule has 0 spiro atoms. The summed E-state index contributed by atoms with van der Waals surface area (Å²) in [5, 5.41) is 0. The molecule has 0 unspecified atom stereocenters. The lowest BCUT2D eigenvalue weighted by Crippen LogP contribution is -2.31. The van der Waals surface area contributed by atoms with Crippen LogP contribution in [0.4, 0.5) is 0 Å². The van der Waals surface area contributed by atoms with Crippen molar-refractivity contribution in [1.29, 1.82) is 0 Å². The molecule has 0 aliphatic rings. The van der Waals surface area contributed by atoms with Crippen LogP contribution in [0, 0.1) is 0 Å².